The molecule has 2 heterocycles. The molecule has 0 bridgehead atoms. The minimum absolute atomic E-state index is 0.0431. The van der Waals surface area contributed by atoms with Crippen molar-refractivity contribution in [3.05, 3.63) is 90.0 Å². The quantitative estimate of drug-likeness (QED) is 0.457. The standard InChI is InChI=1S/C26H23NO3/c1-2-30-26(29)21-16-23(25(28)17-10-4-3-5-11-17)27-22-15-9-8-13-19(22)18-12-6-7-14-20(18)24(21)27/h3-15,21,23-24H,2,16H2,1H3. The lowest BCUT2D eigenvalue weighted by molar-refractivity contribution is -0.148. The van der Waals surface area contributed by atoms with Crippen molar-refractivity contribution < 1.29 is 14.3 Å². The fraction of sp³-hybridized carbons (Fsp3) is 0.231. The first-order valence-corrected chi connectivity index (χ1v) is 10.4. The lowest BCUT2D eigenvalue weighted by atomic mass is 9.84. The zero-order valence-corrected chi connectivity index (χ0v) is 16.8. The number of anilines is 1. The van der Waals surface area contributed by atoms with E-state index in [0.29, 0.717) is 18.6 Å². The molecule has 0 aromatic heterocycles. The van der Waals surface area contributed by atoms with Gasteiger partial charge in [0.05, 0.1) is 24.6 Å². The Morgan fingerprint density at radius 1 is 0.900 bits per heavy atom. The molecule has 4 nitrogen and oxygen atoms in total. The Labute approximate surface area is 176 Å². The van der Waals surface area contributed by atoms with Gasteiger partial charge in [0.25, 0.3) is 0 Å². The summed E-state index contributed by atoms with van der Waals surface area (Å²) in [6.45, 7) is 2.15. The Kier molecular flexibility index (Phi) is 4.62. The van der Waals surface area contributed by atoms with Gasteiger partial charge in [0.15, 0.2) is 5.78 Å². The van der Waals surface area contributed by atoms with Gasteiger partial charge < -0.3 is 9.64 Å². The molecule has 3 atom stereocenters. The van der Waals surface area contributed by atoms with Crippen LogP contribution in [0.3, 0.4) is 0 Å². The minimum atomic E-state index is -0.415. The molecule has 0 N–H and O–H groups in total. The summed E-state index contributed by atoms with van der Waals surface area (Å²) in [5, 5.41) is 0. The monoisotopic (exact) mass is 397 g/mol. The molecule has 30 heavy (non-hydrogen) atoms. The lowest BCUT2D eigenvalue weighted by Crippen LogP contribution is -2.40. The van der Waals surface area contributed by atoms with Crippen LogP contribution in [-0.2, 0) is 9.53 Å². The molecule has 0 spiro atoms. The first kappa shape index (κ1) is 18.6. The number of ketones is 1. The van der Waals surface area contributed by atoms with Crippen LogP contribution in [0.25, 0.3) is 11.1 Å². The molecule has 3 aromatic carbocycles. The Bertz CT molecular complexity index is 1110. The Morgan fingerprint density at radius 2 is 1.57 bits per heavy atom. The smallest absolute Gasteiger partial charge is 0.311 e. The zero-order valence-electron chi connectivity index (χ0n) is 16.8. The van der Waals surface area contributed by atoms with Gasteiger partial charge >= 0.3 is 5.97 Å². The molecular weight excluding hydrogens is 374 g/mol. The molecule has 4 heteroatoms. The van der Waals surface area contributed by atoms with Gasteiger partial charge in [-0.15, -0.1) is 0 Å². The van der Waals surface area contributed by atoms with Gasteiger partial charge in [0.2, 0.25) is 0 Å². The van der Waals surface area contributed by atoms with Gasteiger partial charge in [0, 0.05) is 16.8 Å². The van der Waals surface area contributed by atoms with Crippen molar-refractivity contribution in [1.82, 2.24) is 0 Å². The second-order valence-electron chi connectivity index (χ2n) is 7.80. The van der Waals surface area contributed by atoms with Gasteiger partial charge in [0.1, 0.15) is 0 Å². The van der Waals surface area contributed by atoms with E-state index in [0.717, 1.165) is 22.4 Å². The maximum Gasteiger partial charge on any atom is 0.311 e. The van der Waals surface area contributed by atoms with Crippen molar-refractivity contribution in [2.24, 2.45) is 5.92 Å². The van der Waals surface area contributed by atoms with Crippen molar-refractivity contribution >= 4 is 17.4 Å². The third-order valence-electron chi connectivity index (χ3n) is 6.20. The van der Waals surface area contributed by atoms with Crippen molar-refractivity contribution in [2.45, 2.75) is 25.4 Å². The number of benzene rings is 3. The number of para-hydroxylation sites is 1. The highest BCUT2D eigenvalue weighted by Gasteiger charge is 2.51. The molecular formula is C26H23NO3. The summed E-state index contributed by atoms with van der Waals surface area (Å²) in [4.78, 5) is 28.7. The number of hydrogen-bond donors (Lipinski definition) is 0. The van der Waals surface area contributed by atoms with Crippen LogP contribution in [0, 0.1) is 5.92 Å². The lowest BCUT2D eigenvalue weighted by Gasteiger charge is -2.39. The van der Waals surface area contributed by atoms with E-state index in [1.807, 2.05) is 61.5 Å². The molecule has 0 amide bonds. The fourth-order valence-corrected chi connectivity index (χ4v) is 4.98. The molecule has 3 aromatic rings. The van der Waals surface area contributed by atoms with Crippen LogP contribution in [0.15, 0.2) is 78.9 Å². The maximum atomic E-state index is 13.6. The summed E-state index contributed by atoms with van der Waals surface area (Å²) in [5.74, 6) is -0.580. The number of nitrogens with zero attached hydrogens (tertiary/aromatic N) is 1. The largest absolute Gasteiger partial charge is 0.466 e. The summed E-state index contributed by atoms with van der Waals surface area (Å²) in [7, 11) is 0. The number of carbonyl (C=O) groups excluding carboxylic acids is 2. The van der Waals surface area contributed by atoms with Gasteiger partial charge in [-0.3, -0.25) is 9.59 Å². The first-order valence-electron chi connectivity index (χ1n) is 10.4. The van der Waals surface area contributed by atoms with Crippen LogP contribution in [-0.4, -0.2) is 24.4 Å². The number of ether oxygens (including phenoxy) is 1. The highest BCUT2D eigenvalue weighted by molar-refractivity contribution is 6.04. The Balaban J connectivity index is 1.68. The van der Waals surface area contributed by atoms with Crippen molar-refractivity contribution in [1.29, 1.82) is 0 Å². The average molecular weight is 397 g/mol. The summed E-state index contributed by atoms with van der Waals surface area (Å²) < 4.78 is 5.43. The molecule has 1 fully saturated rings. The predicted octanol–water partition coefficient (Wildman–Crippen LogP) is 5.05. The van der Waals surface area contributed by atoms with Crippen LogP contribution in [0.2, 0.25) is 0 Å². The van der Waals surface area contributed by atoms with Gasteiger partial charge in [-0.25, -0.2) is 0 Å². The fourth-order valence-electron chi connectivity index (χ4n) is 4.98. The van der Waals surface area contributed by atoms with E-state index in [9.17, 15) is 9.59 Å². The highest BCUT2D eigenvalue weighted by Crippen LogP contribution is 2.53. The van der Waals surface area contributed by atoms with E-state index in [4.69, 9.17) is 4.74 Å². The molecule has 3 unspecified atom stereocenters. The molecule has 2 aliphatic rings. The molecule has 5 rings (SSSR count). The van der Waals surface area contributed by atoms with Crippen LogP contribution in [0.1, 0.15) is 35.3 Å². The number of rotatable bonds is 4. The molecule has 0 saturated carbocycles. The number of esters is 1. The molecule has 0 radical (unpaired) electrons. The van der Waals surface area contributed by atoms with E-state index in [1.165, 1.54) is 0 Å². The van der Waals surface area contributed by atoms with Crippen LogP contribution >= 0.6 is 0 Å². The van der Waals surface area contributed by atoms with E-state index >= 15 is 0 Å². The van der Waals surface area contributed by atoms with Crippen LogP contribution in [0.4, 0.5) is 5.69 Å². The summed E-state index contributed by atoms with van der Waals surface area (Å²) in [6, 6.07) is 25.1. The highest BCUT2D eigenvalue weighted by atomic mass is 16.5. The Hall–Kier alpha value is -3.40. The zero-order chi connectivity index (χ0) is 20.7. The first-order chi connectivity index (χ1) is 14.7. The summed E-state index contributed by atoms with van der Waals surface area (Å²) in [6.07, 6.45) is 0.444. The third kappa shape index (κ3) is 2.83. The summed E-state index contributed by atoms with van der Waals surface area (Å²) >= 11 is 0. The maximum absolute atomic E-state index is 13.6. The van der Waals surface area contributed by atoms with Gasteiger partial charge in [-0.1, -0.05) is 72.8 Å². The normalized spacial score (nSPS) is 21.4. The van der Waals surface area contributed by atoms with Crippen molar-refractivity contribution in [3.63, 3.8) is 0 Å². The second-order valence-corrected chi connectivity index (χ2v) is 7.80. The molecule has 150 valence electrons. The average Bonchev–Trinajstić information content (AvgIpc) is 3.21. The SMILES string of the molecule is CCOC(=O)C1CC(C(=O)c2ccccc2)N2c3ccccc3-c3ccccc3C12. The van der Waals surface area contributed by atoms with E-state index in [1.54, 1.807) is 0 Å². The summed E-state index contributed by atoms with van der Waals surface area (Å²) in [5.41, 5.74) is 4.97. The van der Waals surface area contributed by atoms with Gasteiger partial charge in [-0.2, -0.15) is 0 Å². The predicted molar refractivity (Wildman–Crippen MR) is 116 cm³/mol. The third-order valence-corrected chi connectivity index (χ3v) is 6.20. The van der Waals surface area contributed by atoms with E-state index < -0.39 is 12.0 Å². The number of Topliss-reactive ketones (excluding diaryl/α,β-unsaturated/α-hetero) is 1. The number of fused-ring (bicyclic) bond motifs is 6. The topological polar surface area (TPSA) is 46.6 Å². The van der Waals surface area contributed by atoms with E-state index in [2.05, 4.69) is 29.2 Å². The molecule has 2 aliphatic heterocycles. The van der Waals surface area contributed by atoms with Crippen molar-refractivity contribution in [2.75, 3.05) is 11.5 Å². The van der Waals surface area contributed by atoms with Gasteiger partial charge in [-0.05, 0) is 30.5 Å². The minimum Gasteiger partial charge on any atom is -0.466 e. The van der Waals surface area contributed by atoms with E-state index in [-0.39, 0.29) is 17.8 Å². The van der Waals surface area contributed by atoms with Crippen LogP contribution < -0.4 is 4.90 Å². The molecule has 0 aliphatic carbocycles. The number of carbonyl (C=O) groups is 2. The molecule has 1 saturated heterocycles. The number of hydrogen-bond acceptors (Lipinski definition) is 4. The second kappa shape index (κ2) is 7.45. The Morgan fingerprint density at radius 3 is 2.33 bits per heavy atom. The van der Waals surface area contributed by atoms with Crippen LogP contribution in [0.5, 0.6) is 0 Å². The van der Waals surface area contributed by atoms with Crippen molar-refractivity contribution in [3.8, 4) is 11.1 Å².